The minimum absolute atomic E-state index is 0.845. The lowest BCUT2D eigenvalue weighted by atomic mass is 10.2. The van der Waals surface area contributed by atoms with Crippen LogP contribution in [0.2, 0.25) is 0 Å². The van der Waals surface area contributed by atoms with Crippen molar-refractivity contribution in [2.24, 2.45) is 0 Å². The van der Waals surface area contributed by atoms with Crippen molar-refractivity contribution in [3.8, 4) is 0 Å². The van der Waals surface area contributed by atoms with Crippen molar-refractivity contribution in [2.75, 3.05) is 13.2 Å². The topological polar surface area (TPSA) is 18.5 Å². The first-order valence-corrected chi connectivity index (χ1v) is 7.45. The van der Waals surface area contributed by atoms with Crippen LogP contribution in [0.25, 0.3) is 0 Å². The molecule has 0 saturated heterocycles. The quantitative estimate of drug-likeness (QED) is 0.332. The Hall–Kier alpha value is -0.920. The third kappa shape index (κ3) is 15.1. The predicted molar refractivity (Wildman–Crippen MR) is 78.5 cm³/mol. The highest BCUT2D eigenvalue weighted by atomic mass is 16.5. The van der Waals surface area contributed by atoms with E-state index >= 15 is 0 Å². The Kier molecular flexibility index (Phi) is 15.3. The molecule has 0 aromatic carbocycles. The molecule has 2 heteroatoms. The highest BCUT2D eigenvalue weighted by Crippen LogP contribution is 2.01. The average molecular weight is 254 g/mol. The molecule has 0 aliphatic rings. The molecule has 0 aromatic heterocycles. The summed E-state index contributed by atoms with van der Waals surface area (Å²) in [6.07, 6.45) is 17.2. The minimum atomic E-state index is 0.845. The molecule has 18 heavy (non-hydrogen) atoms. The van der Waals surface area contributed by atoms with Gasteiger partial charge in [-0.05, 0) is 50.7 Å². The van der Waals surface area contributed by atoms with E-state index in [1.54, 1.807) is 0 Å². The van der Waals surface area contributed by atoms with Gasteiger partial charge in [0.1, 0.15) is 0 Å². The van der Waals surface area contributed by atoms with E-state index in [0.29, 0.717) is 0 Å². The van der Waals surface area contributed by atoms with Gasteiger partial charge in [0, 0.05) is 0 Å². The summed E-state index contributed by atoms with van der Waals surface area (Å²) in [6, 6.07) is 0. The maximum absolute atomic E-state index is 5.38. The van der Waals surface area contributed by atoms with Gasteiger partial charge in [-0.1, -0.05) is 26.7 Å². The first kappa shape index (κ1) is 17.1. The van der Waals surface area contributed by atoms with Crippen LogP contribution in [0.4, 0.5) is 0 Å². The van der Waals surface area contributed by atoms with Gasteiger partial charge in [0.2, 0.25) is 0 Å². The summed E-state index contributed by atoms with van der Waals surface area (Å²) in [5, 5.41) is 0. The molecule has 0 heterocycles. The second-order valence-electron chi connectivity index (χ2n) is 4.48. The third-order valence-electron chi connectivity index (χ3n) is 2.57. The number of hydrogen-bond donors (Lipinski definition) is 0. The van der Waals surface area contributed by atoms with Crippen molar-refractivity contribution in [3.05, 3.63) is 24.7 Å². The molecule has 0 rings (SSSR count). The molecule has 0 fully saturated rings. The van der Waals surface area contributed by atoms with Gasteiger partial charge in [0.25, 0.3) is 0 Å². The SMILES string of the molecule is CCC/C=C/OCCCCCCO/C=C/CCC. The standard InChI is InChI=1S/C16H30O2/c1-3-5-9-13-17-15-11-7-8-12-16-18-14-10-6-4-2/h9-10,13-14H,3-8,11-12,15-16H2,1-2H3/b13-9+,14-10+. The van der Waals surface area contributed by atoms with Gasteiger partial charge in [-0.15, -0.1) is 0 Å². The molecule has 2 nitrogen and oxygen atoms in total. The monoisotopic (exact) mass is 254 g/mol. The zero-order chi connectivity index (χ0) is 13.3. The fourth-order valence-corrected chi connectivity index (χ4v) is 1.47. The molecule has 0 spiro atoms. The first-order valence-electron chi connectivity index (χ1n) is 7.45. The maximum Gasteiger partial charge on any atom is 0.0873 e. The van der Waals surface area contributed by atoms with Crippen LogP contribution in [0.15, 0.2) is 24.7 Å². The molecule has 0 N–H and O–H groups in total. The van der Waals surface area contributed by atoms with Crippen LogP contribution >= 0.6 is 0 Å². The second-order valence-corrected chi connectivity index (χ2v) is 4.48. The first-order chi connectivity index (χ1) is 8.91. The van der Waals surface area contributed by atoms with E-state index in [2.05, 4.69) is 26.0 Å². The number of hydrogen-bond acceptors (Lipinski definition) is 2. The molecular formula is C16H30O2. The zero-order valence-electron chi connectivity index (χ0n) is 12.2. The summed E-state index contributed by atoms with van der Waals surface area (Å²) in [7, 11) is 0. The number of rotatable bonds is 13. The minimum Gasteiger partial charge on any atom is -0.502 e. The highest BCUT2D eigenvalue weighted by molar-refractivity contribution is 4.72. The van der Waals surface area contributed by atoms with Crippen LogP contribution in [0, 0.1) is 0 Å². The van der Waals surface area contributed by atoms with Crippen molar-refractivity contribution in [3.63, 3.8) is 0 Å². The smallest absolute Gasteiger partial charge is 0.0873 e. The molecule has 106 valence electrons. The summed E-state index contributed by atoms with van der Waals surface area (Å²) in [5.41, 5.74) is 0. The van der Waals surface area contributed by atoms with Crippen molar-refractivity contribution in [1.29, 1.82) is 0 Å². The Morgan fingerprint density at radius 2 is 1.11 bits per heavy atom. The molecule has 0 aliphatic carbocycles. The lowest BCUT2D eigenvalue weighted by Crippen LogP contribution is -1.91. The molecule has 0 bridgehead atoms. The van der Waals surface area contributed by atoms with Crippen LogP contribution < -0.4 is 0 Å². The second kappa shape index (κ2) is 16.1. The predicted octanol–water partition coefficient (Wildman–Crippen LogP) is 5.21. The van der Waals surface area contributed by atoms with Gasteiger partial charge in [-0.25, -0.2) is 0 Å². The summed E-state index contributed by atoms with van der Waals surface area (Å²) < 4.78 is 10.8. The van der Waals surface area contributed by atoms with Crippen molar-refractivity contribution < 1.29 is 9.47 Å². The normalized spacial score (nSPS) is 11.4. The van der Waals surface area contributed by atoms with Crippen molar-refractivity contribution in [1.82, 2.24) is 0 Å². The van der Waals surface area contributed by atoms with Crippen molar-refractivity contribution >= 4 is 0 Å². The Morgan fingerprint density at radius 1 is 0.667 bits per heavy atom. The van der Waals surface area contributed by atoms with Gasteiger partial charge in [-0.2, -0.15) is 0 Å². The highest BCUT2D eigenvalue weighted by Gasteiger charge is 1.90. The summed E-state index contributed by atoms with van der Waals surface area (Å²) >= 11 is 0. The van der Waals surface area contributed by atoms with Crippen LogP contribution in [-0.2, 0) is 9.47 Å². The molecule has 0 aliphatic heterocycles. The summed E-state index contributed by atoms with van der Waals surface area (Å²) in [6.45, 7) is 6.03. The van der Waals surface area contributed by atoms with Crippen LogP contribution in [-0.4, -0.2) is 13.2 Å². The lowest BCUT2D eigenvalue weighted by molar-refractivity contribution is 0.226. The van der Waals surface area contributed by atoms with Gasteiger partial charge in [0.05, 0.1) is 25.7 Å². The van der Waals surface area contributed by atoms with Crippen LogP contribution in [0.1, 0.15) is 65.2 Å². The largest absolute Gasteiger partial charge is 0.502 e. The fraction of sp³-hybridized carbons (Fsp3) is 0.750. The number of ether oxygens (including phenoxy) is 2. The van der Waals surface area contributed by atoms with E-state index in [9.17, 15) is 0 Å². The van der Waals surface area contributed by atoms with E-state index < -0.39 is 0 Å². The number of unbranched alkanes of at least 4 members (excludes halogenated alkanes) is 5. The Bertz CT molecular complexity index is 175. The fourth-order valence-electron chi connectivity index (χ4n) is 1.47. The van der Waals surface area contributed by atoms with E-state index in [4.69, 9.17) is 9.47 Å². The van der Waals surface area contributed by atoms with E-state index in [1.807, 2.05) is 12.5 Å². The third-order valence-corrected chi connectivity index (χ3v) is 2.57. The van der Waals surface area contributed by atoms with Crippen LogP contribution in [0.5, 0.6) is 0 Å². The molecule has 0 radical (unpaired) electrons. The molecule has 0 saturated carbocycles. The van der Waals surface area contributed by atoms with Crippen molar-refractivity contribution in [2.45, 2.75) is 65.2 Å². The number of allylic oxidation sites excluding steroid dienone is 2. The summed E-state index contributed by atoms with van der Waals surface area (Å²) in [4.78, 5) is 0. The molecule has 0 atom stereocenters. The Balaban J connectivity index is 3.03. The molecule has 0 aromatic rings. The molecule has 0 amide bonds. The Morgan fingerprint density at radius 3 is 1.50 bits per heavy atom. The summed E-state index contributed by atoms with van der Waals surface area (Å²) in [5.74, 6) is 0. The van der Waals surface area contributed by atoms with E-state index in [-0.39, 0.29) is 0 Å². The van der Waals surface area contributed by atoms with Gasteiger partial charge >= 0.3 is 0 Å². The lowest BCUT2D eigenvalue weighted by Gasteiger charge is -2.02. The van der Waals surface area contributed by atoms with E-state index in [1.165, 1.54) is 25.7 Å². The van der Waals surface area contributed by atoms with Gasteiger partial charge < -0.3 is 9.47 Å². The van der Waals surface area contributed by atoms with E-state index in [0.717, 1.165) is 38.9 Å². The van der Waals surface area contributed by atoms with Gasteiger partial charge in [0.15, 0.2) is 0 Å². The van der Waals surface area contributed by atoms with Crippen LogP contribution in [0.3, 0.4) is 0 Å². The zero-order valence-corrected chi connectivity index (χ0v) is 12.2. The Labute approximate surface area is 113 Å². The molecule has 0 unspecified atom stereocenters. The molecular weight excluding hydrogens is 224 g/mol. The maximum atomic E-state index is 5.38. The average Bonchev–Trinajstić information content (AvgIpc) is 2.39. The van der Waals surface area contributed by atoms with Gasteiger partial charge in [-0.3, -0.25) is 0 Å².